The molecule has 0 spiro atoms. The van der Waals surface area contributed by atoms with Crippen molar-refractivity contribution in [1.29, 1.82) is 0 Å². The third kappa shape index (κ3) is 3.82. The highest BCUT2D eigenvalue weighted by Gasteiger charge is 2.13. The van der Waals surface area contributed by atoms with Crippen LogP contribution in [0.25, 0.3) is 0 Å². The Morgan fingerprint density at radius 1 is 0.864 bits per heavy atom. The molecule has 1 amide bonds. The second kappa shape index (κ2) is 6.56. The molecule has 0 saturated carbocycles. The van der Waals surface area contributed by atoms with Crippen LogP contribution >= 0.6 is 22.6 Å². The largest absolute Gasteiger partial charge is 0.478 e. The number of benzene rings is 2. The summed E-state index contributed by atoms with van der Waals surface area (Å²) < 4.78 is 0.871. The molecule has 22 heavy (non-hydrogen) atoms. The molecule has 2 rings (SSSR count). The second-order valence-corrected chi connectivity index (χ2v) is 5.62. The maximum Gasteiger partial charge on any atom is 0.335 e. The number of carbonyl (C=O) groups excluding carboxylic acids is 1. The van der Waals surface area contributed by atoms with Gasteiger partial charge < -0.3 is 15.5 Å². The van der Waals surface area contributed by atoms with Crippen molar-refractivity contribution in [2.24, 2.45) is 0 Å². The molecule has 0 aromatic heterocycles. The Morgan fingerprint density at radius 3 is 1.95 bits per heavy atom. The van der Waals surface area contributed by atoms with Gasteiger partial charge in [0, 0.05) is 14.8 Å². The SMILES string of the molecule is O=C(O)c1cc(NC(=O)c2cccc(I)c2)cc(C(=O)O)c1. The Morgan fingerprint density at radius 2 is 1.45 bits per heavy atom. The van der Waals surface area contributed by atoms with Crippen LogP contribution in [0.2, 0.25) is 0 Å². The van der Waals surface area contributed by atoms with Gasteiger partial charge in [-0.25, -0.2) is 9.59 Å². The summed E-state index contributed by atoms with van der Waals surface area (Å²) in [5.41, 5.74) is 0.0846. The van der Waals surface area contributed by atoms with Gasteiger partial charge in [0.1, 0.15) is 0 Å². The minimum atomic E-state index is -1.27. The molecule has 0 aliphatic rings. The van der Waals surface area contributed by atoms with E-state index in [1.165, 1.54) is 12.1 Å². The number of aromatic carboxylic acids is 2. The summed E-state index contributed by atoms with van der Waals surface area (Å²) in [6.07, 6.45) is 0. The number of carboxylic acid groups (broad SMARTS) is 2. The number of halogens is 1. The van der Waals surface area contributed by atoms with Crippen molar-refractivity contribution in [2.75, 3.05) is 5.32 Å². The van der Waals surface area contributed by atoms with Crippen LogP contribution in [0.4, 0.5) is 5.69 Å². The standard InChI is InChI=1S/C15H10INO5/c16-11-3-1-2-8(5-11)13(18)17-12-6-9(14(19)20)4-10(7-12)15(21)22/h1-7H,(H,17,18)(H,19,20)(H,21,22). The molecule has 2 aromatic rings. The molecule has 0 aliphatic carbocycles. The minimum Gasteiger partial charge on any atom is -0.478 e. The average molecular weight is 411 g/mol. The molecular formula is C15H10INO5. The number of hydrogen-bond donors (Lipinski definition) is 3. The highest BCUT2D eigenvalue weighted by atomic mass is 127. The van der Waals surface area contributed by atoms with Crippen molar-refractivity contribution in [3.05, 3.63) is 62.7 Å². The number of carboxylic acids is 2. The van der Waals surface area contributed by atoms with Gasteiger partial charge >= 0.3 is 11.9 Å². The topological polar surface area (TPSA) is 104 Å². The molecule has 6 nitrogen and oxygen atoms in total. The summed E-state index contributed by atoms with van der Waals surface area (Å²) in [6.45, 7) is 0. The molecule has 0 atom stereocenters. The van der Waals surface area contributed by atoms with Gasteiger partial charge in [-0.1, -0.05) is 6.07 Å². The lowest BCUT2D eigenvalue weighted by atomic mass is 10.1. The zero-order chi connectivity index (χ0) is 16.3. The Balaban J connectivity index is 2.34. The van der Waals surface area contributed by atoms with E-state index in [1.807, 2.05) is 6.07 Å². The normalized spacial score (nSPS) is 10.0. The van der Waals surface area contributed by atoms with Crippen molar-refractivity contribution >= 4 is 46.1 Å². The third-order valence-electron chi connectivity index (χ3n) is 2.77. The maximum absolute atomic E-state index is 12.1. The number of amides is 1. The van der Waals surface area contributed by atoms with Crippen LogP contribution in [0, 0.1) is 3.57 Å². The van der Waals surface area contributed by atoms with Crippen molar-refractivity contribution in [3.8, 4) is 0 Å². The van der Waals surface area contributed by atoms with Crippen molar-refractivity contribution in [1.82, 2.24) is 0 Å². The van der Waals surface area contributed by atoms with Gasteiger partial charge in [-0.05, 0) is 59.0 Å². The van der Waals surface area contributed by atoms with Gasteiger partial charge in [0.05, 0.1) is 11.1 Å². The van der Waals surface area contributed by atoms with Crippen LogP contribution in [0.1, 0.15) is 31.1 Å². The molecule has 7 heteroatoms. The summed E-state index contributed by atoms with van der Waals surface area (Å²) in [5.74, 6) is -2.99. The molecule has 0 bridgehead atoms. The maximum atomic E-state index is 12.1. The number of rotatable bonds is 4. The van der Waals surface area contributed by atoms with E-state index < -0.39 is 17.8 Å². The molecule has 2 aromatic carbocycles. The number of nitrogens with one attached hydrogen (secondary N) is 1. The van der Waals surface area contributed by atoms with E-state index in [0.717, 1.165) is 9.64 Å². The number of carbonyl (C=O) groups is 3. The van der Waals surface area contributed by atoms with E-state index in [2.05, 4.69) is 27.9 Å². The van der Waals surface area contributed by atoms with Gasteiger partial charge in [-0.2, -0.15) is 0 Å². The predicted molar refractivity (Wildman–Crippen MR) is 87.5 cm³/mol. The molecule has 0 fully saturated rings. The van der Waals surface area contributed by atoms with Gasteiger partial charge in [0.25, 0.3) is 5.91 Å². The molecule has 0 aliphatic heterocycles. The molecule has 3 N–H and O–H groups in total. The molecule has 112 valence electrons. The van der Waals surface area contributed by atoms with Crippen LogP contribution in [-0.4, -0.2) is 28.1 Å². The second-order valence-electron chi connectivity index (χ2n) is 4.37. The van der Waals surface area contributed by atoms with Gasteiger partial charge in [0.15, 0.2) is 0 Å². The average Bonchev–Trinajstić information content (AvgIpc) is 2.46. The van der Waals surface area contributed by atoms with Crippen molar-refractivity contribution in [2.45, 2.75) is 0 Å². The van der Waals surface area contributed by atoms with Gasteiger partial charge in [-0.15, -0.1) is 0 Å². The molecule has 0 radical (unpaired) electrons. The Labute approximate surface area is 138 Å². The van der Waals surface area contributed by atoms with E-state index >= 15 is 0 Å². The van der Waals surface area contributed by atoms with Crippen molar-refractivity contribution < 1.29 is 24.6 Å². The summed E-state index contributed by atoms with van der Waals surface area (Å²) in [4.78, 5) is 34.2. The van der Waals surface area contributed by atoms with Crippen LogP contribution in [0.15, 0.2) is 42.5 Å². The fourth-order valence-corrected chi connectivity index (χ4v) is 2.32. The van der Waals surface area contributed by atoms with Crippen LogP contribution in [0.3, 0.4) is 0 Å². The van der Waals surface area contributed by atoms with Crippen LogP contribution in [0.5, 0.6) is 0 Å². The van der Waals surface area contributed by atoms with Crippen molar-refractivity contribution in [3.63, 3.8) is 0 Å². The highest BCUT2D eigenvalue weighted by molar-refractivity contribution is 14.1. The lowest BCUT2D eigenvalue weighted by molar-refractivity contribution is 0.0696. The Bertz CT molecular complexity index is 740. The summed E-state index contributed by atoms with van der Waals surface area (Å²) in [5, 5.41) is 20.5. The van der Waals surface area contributed by atoms with E-state index in [0.29, 0.717) is 5.56 Å². The summed E-state index contributed by atoms with van der Waals surface area (Å²) in [6, 6.07) is 10.3. The van der Waals surface area contributed by atoms with E-state index in [9.17, 15) is 14.4 Å². The zero-order valence-corrected chi connectivity index (χ0v) is 13.2. The Kier molecular flexibility index (Phi) is 4.76. The quantitative estimate of drug-likeness (QED) is 0.672. The molecule has 0 saturated heterocycles. The zero-order valence-electron chi connectivity index (χ0n) is 11.0. The molecular weight excluding hydrogens is 401 g/mol. The first kappa shape index (κ1) is 16.0. The fraction of sp³-hybridized carbons (Fsp3) is 0. The minimum absolute atomic E-state index is 0.112. The smallest absolute Gasteiger partial charge is 0.335 e. The van der Waals surface area contributed by atoms with E-state index in [1.54, 1.807) is 18.2 Å². The summed E-state index contributed by atoms with van der Waals surface area (Å²) >= 11 is 2.06. The highest BCUT2D eigenvalue weighted by Crippen LogP contribution is 2.17. The first-order valence-corrected chi connectivity index (χ1v) is 7.13. The third-order valence-corrected chi connectivity index (χ3v) is 3.44. The number of anilines is 1. The van der Waals surface area contributed by atoms with E-state index in [4.69, 9.17) is 10.2 Å². The summed E-state index contributed by atoms with van der Waals surface area (Å²) in [7, 11) is 0. The van der Waals surface area contributed by atoms with Crippen LogP contribution < -0.4 is 5.32 Å². The first-order chi connectivity index (χ1) is 10.4. The Hall–Kier alpha value is -2.42. The van der Waals surface area contributed by atoms with Gasteiger partial charge in [0.2, 0.25) is 0 Å². The monoisotopic (exact) mass is 411 g/mol. The predicted octanol–water partition coefficient (Wildman–Crippen LogP) is 2.94. The lowest BCUT2D eigenvalue weighted by Gasteiger charge is -2.08. The number of hydrogen-bond acceptors (Lipinski definition) is 3. The van der Waals surface area contributed by atoms with Crippen LogP contribution in [-0.2, 0) is 0 Å². The lowest BCUT2D eigenvalue weighted by Crippen LogP contribution is -2.13. The van der Waals surface area contributed by atoms with Gasteiger partial charge in [-0.3, -0.25) is 4.79 Å². The molecule has 0 heterocycles. The van der Waals surface area contributed by atoms with E-state index in [-0.39, 0.29) is 16.8 Å². The molecule has 0 unspecified atom stereocenters. The fourth-order valence-electron chi connectivity index (χ4n) is 1.78. The first-order valence-electron chi connectivity index (χ1n) is 6.05.